The Balaban J connectivity index is 1.80. The number of hydrogen-bond donors (Lipinski definition) is 1. The number of amides is 2. The SMILES string of the molecule is CCN1C(=O)NC(c2ccc(C)cc2)C(c2nc(-c3ccc(F)cc3)no2)=C1C. The monoisotopic (exact) mass is 392 g/mol. The third-order valence-electron chi connectivity index (χ3n) is 5.08. The summed E-state index contributed by atoms with van der Waals surface area (Å²) < 4.78 is 18.8. The van der Waals surface area contributed by atoms with E-state index in [9.17, 15) is 9.18 Å². The second kappa shape index (κ2) is 7.50. The topological polar surface area (TPSA) is 71.3 Å². The van der Waals surface area contributed by atoms with Gasteiger partial charge in [-0.1, -0.05) is 35.0 Å². The Hall–Kier alpha value is -3.48. The summed E-state index contributed by atoms with van der Waals surface area (Å²) in [5.41, 5.74) is 4.21. The smallest absolute Gasteiger partial charge is 0.322 e. The number of nitrogens with zero attached hydrogens (tertiary/aromatic N) is 3. The van der Waals surface area contributed by atoms with E-state index in [-0.39, 0.29) is 11.8 Å². The highest BCUT2D eigenvalue weighted by Gasteiger charge is 2.35. The molecule has 0 saturated carbocycles. The lowest BCUT2D eigenvalue weighted by atomic mass is 9.94. The second-order valence-corrected chi connectivity index (χ2v) is 6.97. The molecular weight excluding hydrogens is 371 g/mol. The molecule has 2 aromatic carbocycles. The van der Waals surface area contributed by atoms with Gasteiger partial charge in [0.15, 0.2) is 0 Å². The molecule has 2 heterocycles. The maximum atomic E-state index is 13.2. The fourth-order valence-corrected chi connectivity index (χ4v) is 3.50. The van der Waals surface area contributed by atoms with Crippen LogP contribution in [-0.2, 0) is 0 Å². The van der Waals surface area contributed by atoms with Crippen LogP contribution in [0.3, 0.4) is 0 Å². The Morgan fingerprint density at radius 3 is 2.45 bits per heavy atom. The molecular formula is C22H21FN4O2. The molecule has 0 bridgehead atoms. The molecule has 4 rings (SSSR count). The number of rotatable bonds is 4. The molecule has 1 aliphatic heterocycles. The number of aromatic nitrogens is 2. The average Bonchev–Trinajstić information content (AvgIpc) is 3.18. The second-order valence-electron chi connectivity index (χ2n) is 6.97. The molecule has 0 saturated heterocycles. The Labute approximate surface area is 168 Å². The molecule has 0 aliphatic carbocycles. The number of carbonyl (C=O) groups is 1. The molecule has 6 nitrogen and oxygen atoms in total. The van der Waals surface area contributed by atoms with Crippen LogP contribution >= 0.6 is 0 Å². The zero-order valence-corrected chi connectivity index (χ0v) is 16.4. The van der Waals surface area contributed by atoms with Crippen molar-refractivity contribution in [3.05, 3.63) is 77.1 Å². The number of carbonyl (C=O) groups excluding carboxylic acids is 1. The van der Waals surface area contributed by atoms with Crippen molar-refractivity contribution in [3.8, 4) is 11.4 Å². The number of halogens is 1. The van der Waals surface area contributed by atoms with E-state index in [0.717, 1.165) is 22.4 Å². The van der Waals surface area contributed by atoms with Crippen molar-refractivity contribution in [3.63, 3.8) is 0 Å². The standard InChI is InChI=1S/C22H21FN4O2/c1-4-27-14(3)18(19(24-22(27)28)15-7-5-13(2)6-8-15)21-25-20(26-29-21)16-9-11-17(23)12-10-16/h5-12,19H,4H2,1-3H3,(H,24,28). The largest absolute Gasteiger partial charge is 0.334 e. The minimum Gasteiger partial charge on any atom is -0.334 e. The molecule has 1 N–H and O–H groups in total. The summed E-state index contributed by atoms with van der Waals surface area (Å²) in [6.07, 6.45) is 0. The van der Waals surface area contributed by atoms with Gasteiger partial charge in [0.25, 0.3) is 5.89 Å². The van der Waals surface area contributed by atoms with E-state index in [1.165, 1.54) is 12.1 Å². The van der Waals surface area contributed by atoms with Crippen LogP contribution in [0.2, 0.25) is 0 Å². The summed E-state index contributed by atoms with van der Waals surface area (Å²) in [5.74, 6) is 0.359. The lowest BCUT2D eigenvalue weighted by Crippen LogP contribution is -2.45. The summed E-state index contributed by atoms with van der Waals surface area (Å²) in [6.45, 7) is 6.31. The van der Waals surface area contributed by atoms with Gasteiger partial charge < -0.3 is 9.84 Å². The molecule has 1 aromatic heterocycles. The first-order chi connectivity index (χ1) is 14.0. The fraction of sp³-hybridized carbons (Fsp3) is 0.227. The van der Waals surface area contributed by atoms with E-state index in [4.69, 9.17) is 4.52 Å². The Morgan fingerprint density at radius 1 is 1.10 bits per heavy atom. The number of nitrogens with one attached hydrogen (secondary N) is 1. The van der Waals surface area contributed by atoms with Gasteiger partial charge in [0.2, 0.25) is 5.82 Å². The first-order valence-electron chi connectivity index (χ1n) is 9.43. The predicted octanol–water partition coefficient (Wildman–Crippen LogP) is 4.70. The van der Waals surface area contributed by atoms with Crippen molar-refractivity contribution in [2.24, 2.45) is 0 Å². The maximum absolute atomic E-state index is 13.2. The quantitative estimate of drug-likeness (QED) is 0.699. The maximum Gasteiger partial charge on any atom is 0.322 e. The predicted molar refractivity (Wildman–Crippen MR) is 107 cm³/mol. The minimum atomic E-state index is -0.410. The van der Waals surface area contributed by atoms with E-state index < -0.39 is 6.04 Å². The van der Waals surface area contributed by atoms with Crippen molar-refractivity contribution in [1.82, 2.24) is 20.4 Å². The van der Waals surface area contributed by atoms with Crippen LogP contribution in [0.15, 0.2) is 58.8 Å². The van der Waals surface area contributed by atoms with Gasteiger partial charge in [-0.25, -0.2) is 9.18 Å². The van der Waals surface area contributed by atoms with Gasteiger partial charge in [0.1, 0.15) is 5.82 Å². The molecule has 29 heavy (non-hydrogen) atoms. The van der Waals surface area contributed by atoms with Crippen LogP contribution in [-0.4, -0.2) is 27.6 Å². The fourth-order valence-electron chi connectivity index (χ4n) is 3.50. The van der Waals surface area contributed by atoms with E-state index in [0.29, 0.717) is 23.8 Å². The number of benzene rings is 2. The van der Waals surface area contributed by atoms with E-state index >= 15 is 0 Å². The van der Waals surface area contributed by atoms with Gasteiger partial charge in [0.05, 0.1) is 11.6 Å². The lowest BCUT2D eigenvalue weighted by Gasteiger charge is -2.34. The molecule has 1 atom stereocenters. The summed E-state index contributed by atoms with van der Waals surface area (Å²) in [4.78, 5) is 18.8. The average molecular weight is 392 g/mol. The molecule has 0 radical (unpaired) electrons. The van der Waals surface area contributed by atoms with Gasteiger partial charge >= 0.3 is 6.03 Å². The molecule has 0 spiro atoms. The molecule has 7 heteroatoms. The summed E-state index contributed by atoms with van der Waals surface area (Å²) in [6, 6.07) is 13.3. The zero-order chi connectivity index (χ0) is 20.5. The van der Waals surface area contributed by atoms with Gasteiger partial charge in [-0.05, 0) is 50.6 Å². The zero-order valence-electron chi connectivity index (χ0n) is 16.4. The van der Waals surface area contributed by atoms with E-state index in [1.807, 2.05) is 45.0 Å². The van der Waals surface area contributed by atoms with Crippen LogP contribution in [0.1, 0.15) is 36.9 Å². The summed E-state index contributed by atoms with van der Waals surface area (Å²) >= 11 is 0. The number of hydrogen-bond acceptors (Lipinski definition) is 4. The molecule has 1 unspecified atom stereocenters. The van der Waals surface area contributed by atoms with Crippen molar-refractivity contribution in [2.45, 2.75) is 26.8 Å². The van der Waals surface area contributed by atoms with Crippen LogP contribution in [0, 0.1) is 12.7 Å². The van der Waals surface area contributed by atoms with Crippen molar-refractivity contribution < 1.29 is 13.7 Å². The first-order valence-corrected chi connectivity index (χ1v) is 9.43. The van der Waals surface area contributed by atoms with Gasteiger partial charge in [-0.15, -0.1) is 0 Å². The van der Waals surface area contributed by atoms with Crippen LogP contribution in [0.4, 0.5) is 9.18 Å². The van der Waals surface area contributed by atoms with Crippen LogP contribution < -0.4 is 5.32 Å². The van der Waals surface area contributed by atoms with Crippen LogP contribution in [0.5, 0.6) is 0 Å². The van der Waals surface area contributed by atoms with Crippen LogP contribution in [0.25, 0.3) is 17.0 Å². The molecule has 2 amide bonds. The number of aryl methyl sites for hydroxylation is 1. The van der Waals surface area contributed by atoms with Gasteiger partial charge in [-0.3, -0.25) is 4.90 Å². The lowest BCUT2D eigenvalue weighted by molar-refractivity contribution is 0.207. The third-order valence-corrected chi connectivity index (χ3v) is 5.08. The highest BCUT2D eigenvalue weighted by atomic mass is 19.1. The minimum absolute atomic E-state index is 0.169. The Bertz CT molecular complexity index is 1070. The third kappa shape index (κ3) is 3.51. The van der Waals surface area contributed by atoms with E-state index in [2.05, 4.69) is 15.5 Å². The van der Waals surface area contributed by atoms with Crippen molar-refractivity contribution in [1.29, 1.82) is 0 Å². The molecule has 3 aromatic rings. The summed E-state index contributed by atoms with van der Waals surface area (Å²) in [5, 5.41) is 7.10. The summed E-state index contributed by atoms with van der Waals surface area (Å²) in [7, 11) is 0. The highest BCUT2D eigenvalue weighted by molar-refractivity contribution is 5.86. The first kappa shape index (κ1) is 18.9. The normalized spacial score (nSPS) is 16.9. The van der Waals surface area contributed by atoms with Crippen molar-refractivity contribution >= 4 is 11.6 Å². The Morgan fingerprint density at radius 2 is 1.79 bits per heavy atom. The van der Waals surface area contributed by atoms with Gasteiger partial charge in [-0.2, -0.15) is 4.98 Å². The van der Waals surface area contributed by atoms with Gasteiger partial charge in [0, 0.05) is 17.8 Å². The van der Waals surface area contributed by atoms with E-state index in [1.54, 1.807) is 17.0 Å². The Kier molecular flexibility index (Phi) is 4.88. The molecule has 0 fully saturated rings. The molecule has 1 aliphatic rings. The number of allylic oxidation sites excluding steroid dienone is 1. The van der Waals surface area contributed by atoms with Crippen molar-refractivity contribution in [2.75, 3.05) is 6.54 Å². The number of urea groups is 1. The highest BCUT2D eigenvalue weighted by Crippen LogP contribution is 2.37. The molecule has 148 valence electrons.